The van der Waals surface area contributed by atoms with E-state index in [2.05, 4.69) is 41.9 Å². The van der Waals surface area contributed by atoms with E-state index in [1.165, 1.54) is 11.1 Å². The first kappa shape index (κ1) is 24.3. The summed E-state index contributed by atoms with van der Waals surface area (Å²) in [6.07, 6.45) is 1.73. The van der Waals surface area contributed by atoms with Crippen molar-refractivity contribution in [1.82, 2.24) is 9.47 Å². The van der Waals surface area contributed by atoms with E-state index in [0.717, 1.165) is 39.3 Å². The monoisotopic (exact) mass is 489 g/mol. The predicted molar refractivity (Wildman–Crippen MR) is 139 cm³/mol. The average Bonchev–Trinajstić information content (AvgIpc) is 3.25. The molecule has 0 spiro atoms. The maximum absolute atomic E-state index is 13.0. The van der Waals surface area contributed by atoms with Crippen molar-refractivity contribution < 1.29 is 19.1 Å². The van der Waals surface area contributed by atoms with Gasteiger partial charge in [0.2, 0.25) is 5.91 Å². The molecule has 1 aromatic heterocycles. The van der Waals surface area contributed by atoms with Crippen molar-refractivity contribution in [1.29, 1.82) is 0 Å². The Hall–Kier alpha value is -3.78. The van der Waals surface area contributed by atoms with Gasteiger partial charge in [-0.15, -0.1) is 0 Å². The maximum atomic E-state index is 13.0. The van der Waals surface area contributed by atoms with Crippen molar-refractivity contribution in [3.8, 4) is 11.4 Å². The molecule has 0 radical (unpaired) electrons. The van der Waals surface area contributed by atoms with Crippen LogP contribution in [0, 0.1) is 27.7 Å². The maximum Gasteiger partial charge on any atom is 0.294 e. The summed E-state index contributed by atoms with van der Waals surface area (Å²) in [5, 5.41) is 2.24. The molecule has 7 nitrogen and oxygen atoms in total. The SMILES string of the molecule is COc1ccc(NC(=O)CN2C(=O)S/C(=C/c3cc(C)n(-c4ccc(C)c(C)c4)c3C)C2=O)cc1. The molecule has 3 amide bonds. The molecule has 0 saturated carbocycles. The first-order valence-corrected chi connectivity index (χ1v) is 12.0. The fourth-order valence-corrected chi connectivity index (χ4v) is 4.82. The summed E-state index contributed by atoms with van der Waals surface area (Å²) in [4.78, 5) is 39.2. The molecule has 1 saturated heterocycles. The van der Waals surface area contributed by atoms with Gasteiger partial charge in [0.05, 0.1) is 12.0 Å². The van der Waals surface area contributed by atoms with Crippen molar-refractivity contribution in [2.24, 2.45) is 0 Å². The predicted octanol–water partition coefficient (Wildman–Crippen LogP) is 5.39. The van der Waals surface area contributed by atoms with Gasteiger partial charge in [0.15, 0.2) is 0 Å². The number of imide groups is 1. The van der Waals surface area contributed by atoms with Crippen LogP contribution in [0.2, 0.25) is 0 Å². The van der Waals surface area contributed by atoms with Crippen LogP contribution >= 0.6 is 11.8 Å². The van der Waals surface area contributed by atoms with Gasteiger partial charge in [0.25, 0.3) is 11.1 Å². The van der Waals surface area contributed by atoms with Crippen LogP contribution in [0.15, 0.2) is 53.4 Å². The average molecular weight is 490 g/mol. The summed E-state index contributed by atoms with van der Waals surface area (Å²) in [7, 11) is 1.56. The number of amides is 3. The minimum absolute atomic E-state index is 0.299. The molecular formula is C27H27N3O4S. The highest BCUT2D eigenvalue weighted by Gasteiger charge is 2.36. The molecule has 4 rings (SSSR count). The van der Waals surface area contributed by atoms with Crippen LogP contribution in [0.1, 0.15) is 28.1 Å². The number of carbonyl (C=O) groups is 3. The first-order valence-electron chi connectivity index (χ1n) is 11.1. The highest BCUT2D eigenvalue weighted by molar-refractivity contribution is 8.18. The Morgan fingerprint density at radius 2 is 1.71 bits per heavy atom. The lowest BCUT2D eigenvalue weighted by atomic mass is 10.1. The molecule has 3 aromatic rings. The first-order chi connectivity index (χ1) is 16.7. The molecule has 1 aliphatic rings. The second-order valence-corrected chi connectivity index (χ2v) is 9.47. The molecule has 0 atom stereocenters. The molecule has 2 aromatic carbocycles. The zero-order chi connectivity index (χ0) is 25.3. The number of benzene rings is 2. The summed E-state index contributed by atoms with van der Waals surface area (Å²) in [5.41, 5.74) is 6.87. The van der Waals surface area contributed by atoms with E-state index in [9.17, 15) is 14.4 Å². The molecular weight excluding hydrogens is 462 g/mol. The minimum Gasteiger partial charge on any atom is -0.497 e. The summed E-state index contributed by atoms with van der Waals surface area (Å²) < 4.78 is 7.23. The van der Waals surface area contributed by atoms with E-state index in [1.54, 1.807) is 37.5 Å². The highest BCUT2D eigenvalue weighted by Crippen LogP contribution is 2.34. The topological polar surface area (TPSA) is 80.6 Å². The second kappa shape index (κ2) is 9.84. The summed E-state index contributed by atoms with van der Waals surface area (Å²) in [5.74, 6) is -0.261. The van der Waals surface area contributed by atoms with Crippen molar-refractivity contribution >= 4 is 40.6 Å². The number of carbonyl (C=O) groups excluding carboxylic acids is 3. The fourth-order valence-electron chi connectivity index (χ4n) is 3.99. The molecule has 1 N–H and O–H groups in total. The third-order valence-corrected chi connectivity index (χ3v) is 6.96. The number of thioether (sulfide) groups is 1. The zero-order valence-corrected chi connectivity index (χ0v) is 21.2. The van der Waals surface area contributed by atoms with Gasteiger partial charge in [0, 0.05) is 22.8 Å². The molecule has 0 aliphatic carbocycles. The van der Waals surface area contributed by atoms with Crippen LogP contribution in [-0.2, 0) is 9.59 Å². The minimum atomic E-state index is -0.471. The van der Waals surface area contributed by atoms with Crippen molar-refractivity contribution in [2.45, 2.75) is 27.7 Å². The smallest absolute Gasteiger partial charge is 0.294 e. The Kier molecular flexibility index (Phi) is 6.84. The van der Waals surface area contributed by atoms with E-state index in [0.29, 0.717) is 16.3 Å². The van der Waals surface area contributed by atoms with E-state index in [-0.39, 0.29) is 6.54 Å². The van der Waals surface area contributed by atoms with Crippen LogP contribution in [0.25, 0.3) is 11.8 Å². The third kappa shape index (κ3) is 5.02. The molecule has 1 aliphatic heterocycles. The van der Waals surface area contributed by atoms with Crippen LogP contribution in [-0.4, -0.2) is 40.2 Å². The number of rotatable bonds is 6. The molecule has 35 heavy (non-hydrogen) atoms. The second-order valence-electron chi connectivity index (χ2n) is 8.47. The Bertz CT molecular complexity index is 1360. The van der Waals surface area contributed by atoms with Gasteiger partial charge in [-0.05, 0) is 105 Å². The molecule has 0 bridgehead atoms. The third-order valence-electron chi connectivity index (χ3n) is 6.05. The number of anilines is 1. The van der Waals surface area contributed by atoms with Gasteiger partial charge in [-0.1, -0.05) is 6.07 Å². The van der Waals surface area contributed by atoms with Gasteiger partial charge in [-0.2, -0.15) is 0 Å². The molecule has 180 valence electrons. The summed E-state index contributed by atoms with van der Waals surface area (Å²) in [6.45, 7) is 7.80. The quantitative estimate of drug-likeness (QED) is 0.469. The Labute approximate surface area is 208 Å². The van der Waals surface area contributed by atoms with E-state index in [4.69, 9.17) is 4.74 Å². The number of nitrogens with one attached hydrogen (secondary N) is 1. The lowest BCUT2D eigenvalue weighted by molar-refractivity contribution is -0.127. The van der Waals surface area contributed by atoms with E-state index in [1.807, 2.05) is 19.9 Å². The molecule has 8 heteroatoms. The van der Waals surface area contributed by atoms with Crippen LogP contribution in [0.4, 0.5) is 10.5 Å². The van der Waals surface area contributed by atoms with Gasteiger partial charge in [0.1, 0.15) is 12.3 Å². The zero-order valence-electron chi connectivity index (χ0n) is 20.3. The molecule has 0 unspecified atom stereocenters. The van der Waals surface area contributed by atoms with Crippen LogP contribution in [0.5, 0.6) is 5.75 Å². The van der Waals surface area contributed by atoms with E-state index < -0.39 is 17.1 Å². The van der Waals surface area contributed by atoms with Crippen molar-refractivity contribution in [3.05, 3.63) is 81.5 Å². The largest absolute Gasteiger partial charge is 0.497 e. The Balaban J connectivity index is 1.51. The van der Waals surface area contributed by atoms with Gasteiger partial charge < -0.3 is 14.6 Å². The lowest BCUT2D eigenvalue weighted by Crippen LogP contribution is -2.36. The standard InChI is InChI=1S/C27H27N3O4S/c1-16-6-9-22(12-17(16)2)30-18(3)13-20(19(30)4)14-24-26(32)29(27(33)35-24)15-25(31)28-21-7-10-23(34-5)11-8-21/h6-14H,15H2,1-5H3,(H,28,31)/b24-14+. The van der Waals surface area contributed by atoms with Crippen LogP contribution in [0.3, 0.4) is 0 Å². The van der Waals surface area contributed by atoms with Gasteiger partial charge >= 0.3 is 0 Å². The number of ether oxygens (including phenoxy) is 1. The number of methoxy groups -OCH3 is 1. The number of hydrogen-bond acceptors (Lipinski definition) is 5. The Morgan fingerprint density at radius 1 is 1.00 bits per heavy atom. The normalized spacial score (nSPS) is 14.7. The summed E-state index contributed by atoms with van der Waals surface area (Å²) >= 11 is 0.847. The van der Waals surface area contributed by atoms with Gasteiger partial charge in [-0.3, -0.25) is 19.3 Å². The van der Waals surface area contributed by atoms with Crippen molar-refractivity contribution in [2.75, 3.05) is 19.0 Å². The van der Waals surface area contributed by atoms with Crippen LogP contribution < -0.4 is 10.1 Å². The number of aryl methyl sites for hydroxylation is 3. The summed E-state index contributed by atoms with van der Waals surface area (Å²) in [6, 6.07) is 15.1. The highest BCUT2D eigenvalue weighted by atomic mass is 32.2. The number of hydrogen-bond donors (Lipinski definition) is 1. The molecule has 2 heterocycles. The number of aromatic nitrogens is 1. The van der Waals surface area contributed by atoms with Crippen molar-refractivity contribution in [3.63, 3.8) is 0 Å². The van der Waals surface area contributed by atoms with Gasteiger partial charge in [-0.25, -0.2) is 0 Å². The van der Waals surface area contributed by atoms with E-state index >= 15 is 0 Å². The molecule has 1 fully saturated rings. The lowest BCUT2D eigenvalue weighted by Gasteiger charge is -2.12. The number of nitrogens with zero attached hydrogens (tertiary/aromatic N) is 2. The Morgan fingerprint density at radius 3 is 2.37 bits per heavy atom. The fraction of sp³-hybridized carbons (Fsp3) is 0.222.